The Labute approximate surface area is 301 Å². The molecule has 51 heavy (non-hydrogen) atoms. The Kier molecular flexibility index (Phi) is 10.2. The second-order valence-corrected chi connectivity index (χ2v) is 14.9. The van der Waals surface area contributed by atoms with Crippen molar-refractivity contribution in [2.75, 3.05) is 0 Å². The van der Waals surface area contributed by atoms with Crippen LogP contribution in [0, 0.1) is 0 Å². The van der Waals surface area contributed by atoms with Gasteiger partial charge in [-0.25, -0.2) is 0 Å². The summed E-state index contributed by atoms with van der Waals surface area (Å²) in [4.78, 5) is 0. The molecule has 2 nitrogen and oxygen atoms in total. The van der Waals surface area contributed by atoms with Gasteiger partial charge < -0.3 is 8.39 Å². The first-order valence-corrected chi connectivity index (χ1v) is 19.6. The van der Waals surface area contributed by atoms with E-state index < -0.39 is 8.01 Å². The maximum Gasteiger partial charge on any atom is 0.213 e. The summed E-state index contributed by atoms with van der Waals surface area (Å²) < 4.78 is 12.3. The summed E-state index contributed by atoms with van der Waals surface area (Å²) in [6.07, 6.45) is 1.21. The van der Waals surface area contributed by atoms with Crippen LogP contribution in [0.15, 0.2) is 166 Å². The minimum atomic E-state index is -1.00. The predicted octanol–water partition coefficient (Wildman–Crippen LogP) is 15.4. The van der Waals surface area contributed by atoms with Crippen LogP contribution >= 0.6 is 8.01 Å². The molecule has 8 aromatic carbocycles. The Morgan fingerprint density at radius 1 is 0.451 bits per heavy atom. The Morgan fingerprint density at radius 2 is 0.843 bits per heavy atom. The van der Waals surface area contributed by atoms with Gasteiger partial charge in [0.05, 0.1) is 0 Å². The lowest BCUT2D eigenvalue weighted by Gasteiger charge is -2.09. The number of benzene rings is 8. The van der Waals surface area contributed by atoms with Gasteiger partial charge in [-0.3, -0.25) is 0 Å². The SMILES string of the molecule is CC(C)c1ccc2ccccc2c1.CCC(C)c1ccc2ccccc2c1.Cp1oc2ccc3ccccc3c2c2c(ccc3ccccc32)o1. The topological polar surface area (TPSA) is 26.3 Å². The van der Waals surface area contributed by atoms with Gasteiger partial charge in [-0.05, 0) is 84.6 Å². The van der Waals surface area contributed by atoms with E-state index in [2.05, 4.69) is 185 Å². The molecule has 0 fully saturated rings. The van der Waals surface area contributed by atoms with Gasteiger partial charge >= 0.3 is 0 Å². The lowest BCUT2D eigenvalue weighted by Crippen LogP contribution is -1.90. The minimum Gasteiger partial charge on any atom is -0.419 e. The van der Waals surface area contributed by atoms with Crippen molar-refractivity contribution in [3.8, 4) is 0 Å². The Morgan fingerprint density at radius 3 is 1.31 bits per heavy atom. The number of aryl methyl sites for hydroxylation is 1. The van der Waals surface area contributed by atoms with Crippen LogP contribution in [0.1, 0.15) is 57.1 Å². The van der Waals surface area contributed by atoms with Crippen LogP contribution in [0.2, 0.25) is 0 Å². The third kappa shape index (κ3) is 7.43. The van der Waals surface area contributed by atoms with Gasteiger partial charge in [0.25, 0.3) is 0 Å². The maximum absolute atomic E-state index is 6.14. The number of hydrogen-bond donors (Lipinski definition) is 0. The summed E-state index contributed by atoms with van der Waals surface area (Å²) >= 11 is 0. The zero-order chi connectivity index (χ0) is 35.3. The molecule has 0 N–H and O–H groups in total. The zero-order valence-electron chi connectivity index (χ0n) is 30.1. The van der Waals surface area contributed by atoms with Crippen LogP contribution in [0.25, 0.3) is 65.0 Å². The molecular formula is C48H45O2P. The van der Waals surface area contributed by atoms with E-state index >= 15 is 0 Å². The molecule has 0 bridgehead atoms. The highest BCUT2D eigenvalue weighted by molar-refractivity contribution is 7.35. The molecule has 0 aliphatic heterocycles. The van der Waals surface area contributed by atoms with E-state index in [0.29, 0.717) is 11.8 Å². The highest BCUT2D eigenvalue weighted by atomic mass is 31.1. The largest absolute Gasteiger partial charge is 0.419 e. The number of fused-ring (bicyclic) bond motifs is 9. The Hall–Kier alpha value is -5.30. The zero-order valence-corrected chi connectivity index (χ0v) is 31.0. The standard InChI is InChI=1S/C21H15O2P.C14H16.C13H14/c1-24-22-18-12-10-14-6-2-4-8-16(14)20(18)21-17-9-5-3-7-15(17)11-13-19(21)23-24;1-3-11(2)13-9-8-12-6-4-5-7-14(12)10-13;1-10(2)12-8-7-11-5-3-4-6-13(11)9-12/h2-13H,1H3;4-11H,3H2,1-2H3;3-10H,1-2H3. The van der Waals surface area contributed by atoms with Gasteiger partial charge in [0.1, 0.15) is 11.2 Å². The molecule has 0 spiro atoms. The molecule has 9 rings (SSSR count). The normalized spacial score (nSPS) is 11.8. The molecule has 1 atom stereocenters. The summed E-state index contributed by atoms with van der Waals surface area (Å²) in [7, 11) is -1.00. The summed E-state index contributed by atoms with van der Waals surface area (Å²) in [5.74, 6) is 1.28. The van der Waals surface area contributed by atoms with Crippen molar-refractivity contribution in [3.05, 3.63) is 169 Å². The molecule has 9 aromatic rings. The fourth-order valence-electron chi connectivity index (χ4n) is 6.78. The highest BCUT2D eigenvalue weighted by Crippen LogP contribution is 2.39. The van der Waals surface area contributed by atoms with Crippen molar-refractivity contribution >= 4 is 73.0 Å². The lowest BCUT2D eigenvalue weighted by molar-refractivity contribution is 0.644. The third-order valence-corrected chi connectivity index (χ3v) is 10.8. The van der Waals surface area contributed by atoms with Crippen LogP contribution in [0.3, 0.4) is 0 Å². The smallest absolute Gasteiger partial charge is 0.213 e. The number of hydrogen-bond acceptors (Lipinski definition) is 2. The van der Waals surface area contributed by atoms with E-state index in [1.165, 1.54) is 60.6 Å². The fourth-order valence-corrected chi connectivity index (χ4v) is 7.68. The molecule has 254 valence electrons. The fraction of sp³-hybridized carbons (Fsp3) is 0.167. The molecule has 0 saturated carbocycles. The van der Waals surface area contributed by atoms with Gasteiger partial charge in [0.15, 0.2) is 0 Å². The molecule has 1 heterocycles. The van der Waals surface area contributed by atoms with Crippen molar-refractivity contribution in [2.24, 2.45) is 6.66 Å². The molecule has 0 amide bonds. The van der Waals surface area contributed by atoms with Crippen molar-refractivity contribution in [1.29, 1.82) is 0 Å². The van der Waals surface area contributed by atoms with Crippen molar-refractivity contribution < 1.29 is 8.39 Å². The van der Waals surface area contributed by atoms with E-state index in [1.54, 1.807) is 0 Å². The predicted molar refractivity (Wildman–Crippen MR) is 223 cm³/mol. The van der Waals surface area contributed by atoms with Crippen LogP contribution < -0.4 is 0 Å². The monoisotopic (exact) mass is 684 g/mol. The van der Waals surface area contributed by atoms with Gasteiger partial charge in [0.2, 0.25) is 8.01 Å². The van der Waals surface area contributed by atoms with Crippen molar-refractivity contribution in [1.82, 2.24) is 0 Å². The van der Waals surface area contributed by atoms with E-state index in [1.807, 2.05) is 6.66 Å². The van der Waals surface area contributed by atoms with E-state index in [0.717, 1.165) is 21.9 Å². The summed E-state index contributed by atoms with van der Waals surface area (Å²) in [6, 6.07) is 55.7. The van der Waals surface area contributed by atoms with Crippen molar-refractivity contribution in [2.45, 2.75) is 46.0 Å². The van der Waals surface area contributed by atoms with Gasteiger partial charge in [-0.2, -0.15) is 0 Å². The Balaban J connectivity index is 0.000000129. The molecule has 0 aliphatic rings. The molecule has 0 radical (unpaired) electrons. The van der Waals surface area contributed by atoms with E-state index in [9.17, 15) is 0 Å². The van der Waals surface area contributed by atoms with E-state index in [4.69, 9.17) is 8.39 Å². The lowest BCUT2D eigenvalue weighted by atomic mass is 9.96. The van der Waals surface area contributed by atoms with Crippen LogP contribution in [-0.2, 0) is 6.66 Å². The highest BCUT2D eigenvalue weighted by Gasteiger charge is 2.11. The minimum absolute atomic E-state index is 0.615. The molecule has 3 heteroatoms. The van der Waals surface area contributed by atoms with Crippen molar-refractivity contribution in [3.63, 3.8) is 0 Å². The first-order chi connectivity index (χ1) is 24.9. The second-order valence-electron chi connectivity index (χ2n) is 13.6. The maximum atomic E-state index is 6.14. The molecule has 0 saturated heterocycles. The second kappa shape index (κ2) is 15.3. The molecule has 0 aliphatic carbocycles. The summed E-state index contributed by atoms with van der Waals surface area (Å²) in [6.45, 7) is 11.0. The van der Waals surface area contributed by atoms with E-state index in [-0.39, 0.29) is 0 Å². The number of rotatable bonds is 3. The summed E-state index contributed by atoms with van der Waals surface area (Å²) in [5.41, 5.74) is 4.67. The quantitative estimate of drug-likeness (QED) is 0.185. The molecule has 1 unspecified atom stereocenters. The van der Waals surface area contributed by atoms with Gasteiger partial charge in [-0.15, -0.1) is 0 Å². The van der Waals surface area contributed by atoms with Crippen LogP contribution in [-0.4, -0.2) is 0 Å². The van der Waals surface area contributed by atoms with Crippen LogP contribution in [0.4, 0.5) is 0 Å². The van der Waals surface area contributed by atoms with Gasteiger partial charge in [-0.1, -0.05) is 173 Å². The van der Waals surface area contributed by atoms with Gasteiger partial charge in [0, 0.05) is 17.4 Å². The van der Waals surface area contributed by atoms with Crippen LogP contribution in [0.5, 0.6) is 0 Å². The first kappa shape index (κ1) is 34.2. The molecule has 1 aromatic heterocycles. The third-order valence-electron chi connectivity index (χ3n) is 9.88. The first-order valence-electron chi connectivity index (χ1n) is 18.0. The molecular weight excluding hydrogens is 640 g/mol. The average molecular weight is 685 g/mol. The summed E-state index contributed by atoms with van der Waals surface area (Å²) in [5, 5.41) is 12.4. The Bertz CT molecular complexity index is 2550. The average Bonchev–Trinajstić information content (AvgIpc) is 3.33.